The fourth-order valence-electron chi connectivity index (χ4n) is 3.61. The summed E-state index contributed by atoms with van der Waals surface area (Å²) in [6, 6.07) is 0. The van der Waals surface area contributed by atoms with Gasteiger partial charge in [-0.15, -0.1) is 5.10 Å². The molecule has 0 aromatic carbocycles. The largest absolute Gasteiger partial charge is 0.363 e. The van der Waals surface area contributed by atoms with Gasteiger partial charge in [0.05, 0.1) is 6.61 Å². The topological polar surface area (TPSA) is 60.3 Å². The summed E-state index contributed by atoms with van der Waals surface area (Å²) in [6.45, 7) is 1.63. The Balaban J connectivity index is 1.64. The van der Waals surface area contributed by atoms with Crippen LogP contribution in [0.3, 0.4) is 0 Å². The molecule has 2 fully saturated rings. The van der Waals surface area contributed by atoms with Crippen molar-refractivity contribution in [2.45, 2.75) is 57.1 Å². The summed E-state index contributed by atoms with van der Waals surface area (Å²) >= 11 is 0. The zero-order valence-corrected chi connectivity index (χ0v) is 11.1. The first-order chi connectivity index (χ1) is 9.28. The van der Waals surface area contributed by atoms with Crippen molar-refractivity contribution in [1.29, 1.82) is 0 Å². The lowest BCUT2D eigenvalue weighted by atomic mass is 9.87. The Labute approximate surface area is 112 Å². The van der Waals surface area contributed by atoms with Gasteiger partial charge in [-0.1, -0.05) is 24.5 Å². The van der Waals surface area contributed by atoms with Crippen LogP contribution < -0.4 is 0 Å². The lowest BCUT2D eigenvalue weighted by Crippen LogP contribution is -2.27. The number of fused-ring (bicyclic) bond motifs is 2. The molecule has 1 aromatic rings. The zero-order valence-electron chi connectivity index (χ0n) is 11.1. The van der Waals surface area contributed by atoms with Gasteiger partial charge < -0.3 is 4.74 Å². The molecule has 5 heteroatoms. The number of hydrogen-bond donors (Lipinski definition) is 0. The number of Topliss-reactive ketones (excluding diaryl/α,β-unsaturated/α-hetero) is 1. The Kier molecular flexibility index (Phi) is 2.52. The number of carbonyl (C=O) groups excluding carboxylic acids is 1. The Bertz CT molecular complexity index is 513. The van der Waals surface area contributed by atoms with E-state index >= 15 is 0 Å². The lowest BCUT2D eigenvalue weighted by molar-refractivity contribution is 0.0938. The summed E-state index contributed by atoms with van der Waals surface area (Å²) in [4.78, 5) is 11.9. The van der Waals surface area contributed by atoms with Crippen LogP contribution in [0, 0.1) is 5.92 Å². The Morgan fingerprint density at radius 1 is 1.32 bits per heavy atom. The molecule has 1 saturated heterocycles. The van der Waals surface area contributed by atoms with Gasteiger partial charge in [-0.2, -0.15) is 0 Å². The van der Waals surface area contributed by atoms with E-state index in [1.54, 1.807) is 0 Å². The lowest BCUT2D eigenvalue weighted by Gasteiger charge is -2.24. The highest BCUT2D eigenvalue weighted by molar-refractivity contribution is 5.96. The van der Waals surface area contributed by atoms with Gasteiger partial charge in [0.25, 0.3) is 0 Å². The Morgan fingerprint density at radius 2 is 2.11 bits per heavy atom. The van der Waals surface area contributed by atoms with Crippen molar-refractivity contribution in [2.24, 2.45) is 5.92 Å². The van der Waals surface area contributed by atoms with Crippen LogP contribution in [0.25, 0.3) is 0 Å². The van der Waals surface area contributed by atoms with E-state index in [1.165, 1.54) is 32.1 Å². The molecule has 19 heavy (non-hydrogen) atoms. The van der Waals surface area contributed by atoms with Crippen LogP contribution in [-0.4, -0.2) is 27.4 Å². The maximum atomic E-state index is 11.9. The van der Waals surface area contributed by atoms with E-state index < -0.39 is 0 Å². The first kappa shape index (κ1) is 11.6. The van der Waals surface area contributed by atoms with E-state index in [4.69, 9.17) is 4.74 Å². The van der Waals surface area contributed by atoms with Crippen molar-refractivity contribution in [1.82, 2.24) is 15.0 Å². The quantitative estimate of drug-likeness (QED) is 0.764. The summed E-state index contributed by atoms with van der Waals surface area (Å²) in [5.41, 5.74) is 1.32. The SMILES string of the molecule is O=C1CCC2(CO2)c2c1nnn2CC1CCCCC1. The van der Waals surface area contributed by atoms with E-state index in [1.807, 2.05) is 4.68 Å². The van der Waals surface area contributed by atoms with Crippen molar-refractivity contribution in [3.8, 4) is 0 Å². The van der Waals surface area contributed by atoms with Gasteiger partial charge in [-0.05, 0) is 25.2 Å². The number of ether oxygens (including phenoxy) is 1. The molecule has 102 valence electrons. The van der Waals surface area contributed by atoms with Crippen LogP contribution in [0.2, 0.25) is 0 Å². The summed E-state index contributed by atoms with van der Waals surface area (Å²) in [6.07, 6.45) is 7.90. The van der Waals surface area contributed by atoms with Crippen molar-refractivity contribution < 1.29 is 9.53 Å². The highest BCUT2D eigenvalue weighted by Gasteiger charge is 2.54. The number of hydrogen-bond acceptors (Lipinski definition) is 4. The van der Waals surface area contributed by atoms with Gasteiger partial charge >= 0.3 is 0 Å². The molecule has 1 atom stereocenters. The Hall–Kier alpha value is -1.23. The monoisotopic (exact) mass is 261 g/mol. The summed E-state index contributed by atoms with van der Waals surface area (Å²) < 4.78 is 7.61. The summed E-state index contributed by atoms with van der Waals surface area (Å²) in [5, 5.41) is 8.37. The number of rotatable bonds is 2. The van der Waals surface area contributed by atoms with Crippen LogP contribution in [0.4, 0.5) is 0 Å². The molecule has 4 rings (SSSR count). The van der Waals surface area contributed by atoms with Gasteiger partial charge in [0.15, 0.2) is 11.5 Å². The molecular weight excluding hydrogens is 242 g/mol. The predicted octanol–water partition coefficient (Wildman–Crippen LogP) is 2.06. The van der Waals surface area contributed by atoms with Gasteiger partial charge in [-0.3, -0.25) is 4.79 Å². The normalized spacial score (nSPS) is 30.6. The Morgan fingerprint density at radius 3 is 2.84 bits per heavy atom. The molecular formula is C14H19N3O2. The molecule has 1 saturated carbocycles. The second kappa shape index (κ2) is 4.13. The maximum absolute atomic E-state index is 11.9. The van der Waals surface area contributed by atoms with Crippen molar-refractivity contribution in [3.63, 3.8) is 0 Å². The van der Waals surface area contributed by atoms with E-state index in [2.05, 4.69) is 10.3 Å². The number of epoxide rings is 1. The third-order valence-electron chi connectivity index (χ3n) is 4.84. The molecule has 1 spiro atoms. The average Bonchev–Trinajstić information content (AvgIpc) is 3.08. The van der Waals surface area contributed by atoms with Gasteiger partial charge in [0, 0.05) is 13.0 Å². The van der Waals surface area contributed by atoms with E-state index in [0.717, 1.165) is 25.3 Å². The minimum absolute atomic E-state index is 0.131. The van der Waals surface area contributed by atoms with E-state index in [0.29, 0.717) is 18.0 Å². The third-order valence-corrected chi connectivity index (χ3v) is 4.84. The number of carbonyl (C=O) groups is 1. The zero-order chi connectivity index (χ0) is 12.9. The molecule has 0 radical (unpaired) electrons. The molecule has 0 amide bonds. The highest BCUT2D eigenvalue weighted by Crippen LogP contribution is 2.47. The molecule has 1 unspecified atom stereocenters. The predicted molar refractivity (Wildman–Crippen MR) is 67.8 cm³/mol. The second-order valence-electron chi connectivity index (χ2n) is 6.18. The van der Waals surface area contributed by atoms with Gasteiger partial charge in [0.2, 0.25) is 0 Å². The van der Waals surface area contributed by atoms with E-state index in [-0.39, 0.29) is 11.4 Å². The molecule has 0 bridgehead atoms. The standard InChI is InChI=1S/C14H19N3O2/c18-11-6-7-14(9-19-14)13-12(11)15-16-17(13)8-10-4-2-1-3-5-10/h10H,1-9H2. The molecule has 2 aliphatic carbocycles. The second-order valence-corrected chi connectivity index (χ2v) is 6.18. The number of nitrogens with zero attached hydrogens (tertiary/aromatic N) is 3. The molecule has 3 aliphatic rings. The van der Waals surface area contributed by atoms with Crippen LogP contribution in [0.5, 0.6) is 0 Å². The minimum Gasteiger partial charge on any atom is -0.363 e. The minimum atomic E-state index is -0.221. The smallest absolute Gasteiger partial charge is 0.185 e. The van der Waals surface area contributed by atoms with Crippen molar-refractivity contribution in [3.05, 3.63) is 11.4 Å². The van der Waals surface area contributed by atoms with Crippen LogP contribution in [-0.2, 0) is 16.9 Å². The first-order valence-corrected chi connectivity index (χ1v) is 7.40. The molecule has 5 nitrogen and oxygen atoms in total. The van der Waals surface area contributed by atoms with E-state index in [9.17, 15) is 4.79 Å². The average molecular weight is 261 g/mol. The number of ketones is 1. The van der Waals surface area contributed by atoms with Crippen LogP contribution >= 0.6 is 0 Å². The molecule has 1 aliphatic heterocycles. The van der Waals surface area contributed by atoms with Gasteiger partial charge in [0.1, 0.15) is 11.3 Å². The number of aromatic nitrogens is 3. The maximum Gasteiger partial charge on any atom is 0.185 e. The molecule has 2 heterocycles. The third kappa shape index (κ3) is 1.83. The van der Waals surface area contributed by atoms with Crippen molar-refractivity contribution in [2.75, 3.05) is 6.61 Å². The summed E-state index contributed by atoms with van der Waals surface area (Å²) in [7, 11) is 0. The fourth-order valence-corrected chi connectivity index (χ4v) is 3.61. The fraction of sp³-hybridized carbons (Fsp3) is 0.786. The summed E-state index contributed by atoms with van der Waals surface area (Å²) in [5.74, 6) is 0.818. The first-order valence-electron chi connectivity index (χ1n) is 7.40. The van der Waals surface area contributed by atoms with Crippen LogP contribution in [0.15, 0.2) is 0 Å². The molecule has 1 aromatic heterocycles. The molecule has 0 N–H and O–H groups in total. The van der Waals surface area contributed by atoms with Crippen LogP contribution in [0.1, 0.15) is 61.1 Å². The highest BCUT2D eigenvalue weighted by atomic mass is 16.6. The van der Waals surface area contributed by atoms with Gasteiger partial charge in [-0.25, -0.2) is 4.68 Å². The van der Waals surface area contributed by atoms with Crippen molar-refractivity contribution >= 4 is 5.78 Å².